The van der Waals surface area contributed by atoms with Gasteiger partial charge in [0.15, 0.2) is 0 Å². The number of aromatic nitrogens is 3. The summed E-state index contributed by atoms with van der Waals surface area (Å²) in [5.41, 5.74) is 3.12. The van der Waals surface area contributed by atoms with Gasteiger partial charge < -0.3 is 15.2 Å². The fraction of sp³-hybridized carbons (Fsp3) is 0.235. The number of thiophene rings is 1. The summed E-state index contributed by atoms with van der Waals surface area (Å²) >= 11 is 1.53. The Balaban J connectivity index is 1.47. The molecule has 4 rings (SSSR count). The highest BCUT2D eigenvalue weighted by atomic mass is 32.1. The van der Waals surface area contributed by atoms with Crippen molar-refractivity contribution in [2.45, 2.75) is 19.6 Å². The third-order valence-corrected chi connectivity index (χ3v) is 5.18. The molecular weight excluding hydrogens is 340 g/mol. The van der Waals surface area contributed by atoms with Gasteiger partial charge >= 0.3 is 0 Å². The molecule has 0 saturated carbocycles. The van der Waals surface area contributed by atoms with Gasteiger partial charge in [0.25, 0.3) is 5.91 Å². The van der Waals surface area contributed by atoms with Crippen LogP contribution in [0.2, 0.25) is 0 Å². The fourth-order valence-electron chi connectivity index (χ4n) is 2.65. The Hall–Kier alpha value is -2.55. The smallest absolute Gasteiger partial charge is 0.265 e. The van der Waals surface area contributed by atoms with E-state index >= 15 is 0 Å². The van der Waals surface area contributed by atoms with Crippen molar-refractivity contribution in [2.75, 3.05) is 11.9 Å². The molecule has 0 spiro atoms. The van der Waals surface area contributed by atoms with Crippen LogP contribution in [0.5, 0.6) is 0 Å². The molecule has 1 aliphatic rings. The number of rotatable bonds is 4. The monoisotopic (exact) mass is 356 g/mol. The second kappa shape index (κ2) is 6.75. The van der Waals surface area contributed by atoms with Gasteiger partial charge in [0.1, 0.15) is 5.69 Å². The van der Waals surface area contributed by atoms with Crippen LogP contribution in [0.3, 0.4) is 0 Å². The molecule has 0 radical (unpaired) electrons. The van der Waals surface area contributed by atoms with Gasteiger partial charge in [-0.2, -0.15) is 0 Å². The van der Waals surface area contributed by atoms with Gasteiger partial charge in [-0.25, -0.2) is 4.68 Å². The van der Waals surface area contributed by atoms with Crippen LogP contribution in [0, 0.1) is 0 Å². The number of nitrogens with one attached hydrogen (secondary N) is 1. The largest absolute Gasteiger partial charge is 0.390 e. The summed E-state index contributed by atoms with van der Waals surface area (Å²) in [4.78, 5) is 14.4. The summed E-state index contributed by atoms with van der Waals surface area (Å²) in [6.45, 7) is 1.15. The number of benzene rings is 1. The first-order chi connectivity index (χ1) is 12.2. The van der Waals surface area contributed by atoms with Crippen molar-refractivity contribution >= 4 is 22.9 Å². The molecule has 3 aromatic rings. The number of ether oxygens (including phenoxy) is 1. The highest BCUT2D eigenvalue weighted by Crippen LogP contribution is 2.27. The molecule has 1 amide bonds. The van der Waals surface area contributed by atoms with Gasteiger partial charge in [-0.05, 0) is 35.9 Å². The summed E-state index contributed by atoms with van der Waals surface area (Å²) in [5, 5.41) is 19.7. The zero-order chi connectivity index (χ0) is 17.2. The maximum atomic E-state index is 12.4. The molecule has 2 N–H and O–H groups in total. The van der Waals surface area contributed by atoms with Crippen molar-refractivity contribution in [1.82, 2.24) is 15.0 Å². The minimum Gasteiger partial charge on any atom is -0.390 e. The molecule has 3 heterocycles. The molecule has 7 nitrogen and oxygen atoms in total. The van der Waals surface area contributed by atoms with E-state index in [0.717, 1.165) is 24.3 Å². The van der Waals surface area contributed by atoms with Gasteiger partial charge in [0, 0.05) is 17.0 Å². The summed E-state index contributed by atoms with van der Waals surface area (Å²) in [5.74, 6) is -0.115. The number of fused-ring (bicyclic) bond motifs is 1. The molecule has 1 aliphatic heterocycles. The molecular formula is C17H16N4O3S. The van der Waals surface area contributed by atoms with E-state index < -0.39 is 0 Å². The van der Waals surface area contributed by atoms with E-state index in [1.807, 2.05) is 30.3 Å². The highest BCUT2D eigenvalue weighted by Gasteiger charge is 2.17. The molecule has 0 saturated heterocycles. The van der Waals surface area contributed by atoms with Gasteiger partial charge in [-0.3, -0.25) is 4.79 Å². The van der Waals surface area contributed by atoms with Gasteiger partial charge in [0.2, 0.25) is 0 Å². The van der Waals surface area contributed by atoms with Crippen LogP contribution in [-0.2, 0) is 24.4 Å². The Morgan fingerprint density at radius 3 is 2.92 bits per heavy atom. The molecule has 8 heteroatoms. The average molecular weight is 356 g/mol. The van der Waals surface area contributed by atoms with E-state index in [9.17, 15) is 4.79 Å². The first-order valence-electron chi connectivity index (χ1n) is 7.86. The Bertz CT molecular complexity index is 878. The molecule has 0 fully saturated rings. The van der Waals surface area contributed by atoms with Gasteiger partial charge in [-0.15, -0.1) is 16.4 Å². The summed E-state index contributed by atoms with van der Waals surface area (Å²) in [6, 6.07) is 9.19. The number of nitrogens with zero attached hydrogens (tertiary/aromatic N) is 3. The van der Waals surface area contributed by atoms with Crippen LogP contribution < -0.4 is 5.32 Å². The Morgan fingerprint density at radius 2 is 2.20 bits per heavy atom. The molecule has 0 atom stereocenters. The quantitative estimate of drug-likeness (QED) is 0.748. The molecule has 0 bridgehead atoms. The molecule has 2 aromatic heterocycles. The maximum Gasteiger partial charge on any atom is 0.265 e. The Morgan fingerprint density at radius 1 is 1.36 bits per heavy atom. The Labute approximate surface area is 147 Å². The van der Waals surface area contributed by atoms with Crippen molar-refractivity contribution < 1.29 is 14.6 Å². The Kier molecular flexibility index (Phi) is 4.31. The minimum atomic E-state index is -0.149. The predicted octanol–water partition coefficient (Wildman–Crippen LogP) is 2.15. The minimum absolute atomic E-state index is 0.115. The average Bonchev–Trinajstić information content (AvgIpc) is 3.29. The van der Waals surface area contributed by atoms with Crippen molar-refractivity contribution in [2.24, 2.45) is 0 Å². The SMILES string of the molecule is O=C(Nc1ccc(-n2cc(CO)nn2)cc1)c1cc2c(s1)CCOC2. The fourth-order valence-corrected chi connectivity index (χ4v) is 3.69. The lowest BCUT2D eigenvalue weighted by Crippen LogP contribution is -2.10. The number of aliphatic hydroxyl groups is 1. The number of carbonyl (C=O) groups excluding carboxylic acids is 1. The zero-order valence-electron chi connectivity index (χ0n) is 13.3. The molecule has 128 valence electrons. The van der Waals surface area contributed by atoms with E-state index in [1.165, 1.54) is 16.2 Å². The van der Waals surface area contributed by atoms with E-state index in [0.29, 0.717) is 22.9 Å². The van der Waals surface area contributed by atoms with Crippen LogP contribution >= 0.6 is 11.3 Å². The third kappa shape index (κ3) is 3.32. The summed E-state index contributed by atoms with van der Waals surface area (Å²) < 4.78 is 6.99. The number of amides is 1. The second-order valence-electron chi connectivity index (χ2n) is 5.68. The standard InChI is InChI=1S/C17H16N4O3S/c22-9-13-8-21(20-19-13)14-3-1-12(2-4-14)18-17(23)16-7-11-10-24-6-5-15(11)25-16/h1-4,7-8,22H,5-6,9-10H2,(H,18,23). The van der Waals surface area contributed by atoms with Crippen LogP contribution in [-0.4, -0.2) is 32.6 Å². The zero-order valence-corrected chi connectivity index (χ0v) is 14.1. The van der Waals surface area contributed by atoms with E-state index in [2.05, 4.69) is 15.6 Å². The van der Waals surface area contributed by atoms with Crippen LogP contribution in [0.15, 0.2) is 36.5 Å². The van der Waals surface area contributed by atoms with E-state index in [1.54, 1.807) is 10.9 Å². The lowest BCUT2D eigenvalue weighted by Gasteiger charge is -2.10. The van der Waals surface area contributed by atoms with E-state index in [-0.39, 0.29) is 12.5 Å². The first kappa shape index (κ1) is 15.9. The second-order valence-corrected chi connectivity index (χ2v) is 6.81. The normalized spacial score (nSPS) is 13.5. The van der Waals surface area contributed by atoms with Gasteiger partial charge in [0.05, 0.1) is 36.6 Å². The van der Waals surface area contributed by atoms with Crippen molar-refractivity contribution in [3.63, 3.8) is 0 Å². The molecule has 25 heavy (non-hydrogen) atoms. The number of hydrogen-bond donors (Lipinski definition) is 2. The van der Waals surface area contributed by atoms with Crippen molar-refractivity contribution in [3.05, 3.63) is 57.5 Å². The predicted molar refractivity (Wildman–Crippen MR) is 92.9 cm³/mol. The lowest BCUT2D eigenvalue weighted by molar-refractivity contribution is 0.102. The maximum absolute atomic E-state index is 12.4. The molecule has 1 aromatic carbocycles. The first-order valence-corrected chi connectivity index (χ1v) is 8.68. The van der Waals surface area contributed by atoms with Crippen molar-refractivity contribution in [3.8, 4) is 5.69 Å². The number of anilines is 1. The third-order valence-electron chi connectivity index (χ3n) is 3.94. The van der Waals surface area contributed by atoms with Crippen molar-refractivity contribution in [1.29, 1.82) is 0 Å². The number of hydrogen-bond acceptors (Lipinski definition) is 6. The molecule has 0 unspecified atom stereocenters. The lowest BCUT2D eigenvalue weighted by atomic mass is 10.2. The van der Waals surface area contributed by atoms with E-state index in [4.69, 9.17) is 9.84 Å². The van der Waals surface area contributed by atoms with Crippen LogP contribution in [0.1, 0.15) is 25.8 Å². The van der Waals surface area contributed by atoms with Crippen LogP contribution in [0.4, 0.5) is 5.69 Å². The van der Waals surface area contributed by atoms with Crippen LogP contribution in [0.25, 0.3) is 5.69 Å². The summed E-state index contributed by atoms with van der Waals surface area (Å²) in [7, 11) is 0. The molecule has 0 aliphatic carbocycles. The van der Waals surface area contributed by atoms with Gasteiger partial charge in [-0.1, -0.05) is 5.21 Å². The summed E-state index contributed by atoms with van der Waals surface area (Å²) in [6.07, 6.45) is 2.53. The highest BCUT2D eigenvalue weighted by molar-refractivity contribution is 7.14. The topological polar surface area (TPSA) is 89.3 Å². The number of aliphatic hydroxyl groups excluding tert-OH is 1. The number of carbonyl (C=O) groups is 1.